The zero-order valence-corrected chi connectivity index (χ0v) is 12.0. The van der Waals surface area contributed by atoms with Crippen molar-refractivity contribution < 1.29 is 9.59 Å². The highest BCUT2D eigenvalue weighted by atomic mass is 16.2. The van der Waals surface area contributed by atoms with E-state index in [1.807, 2.05) is 0 Å². The molecule has 2 heterocycles. The van der Waals surface area contributed by atoms with Crippen LogP contribution in [0.2, 0.25) is 0 Å². The summed E-state index contributed by atoms with van der Waals surface area (Å²) in [4.78, 5) is 31.0. The van der Waals surface area contributed by atoms with Crippen molar-refractivity contribution in [1.82, 2.24) is 4.98 Å². The number of fused-ring (bicyclic) bond motifs is 5. The Morgan fingerprint density at radius 3 is 2.14 bits per heavy atom. The van der Waals surface area contributed by atoms with Crippen molar-refractivity contribution in [3.8, 4) is 0 Å². The van der Waals surface area contributed by atoms with Crippen molar-refractivity contribution in [2.45, 2.75) is 13.8 Å². The summed E-state index contributed by atoms with van der Waals surface area (Å²) in [6.07, 6.45) is 5.81. The predicted molar refractivity (Wildman–Crippen MR) is 78.2 cm³/mol. The average molecular weight is 280 g/mol. The molecule has 0 radical (unpaired) electrons. The van der Waals surface area contributed by atoms with Gasteiger partial charge in [-0.05, 0) is 26.0 Å². The molecule has 0 aromatic carbocycles. The maximum absolute atomic E-state index is 12.8. The van der Waals surface area contributed by atoms with E-state index in [2.05, 4.69) is 31.0 Å². The second-order valence-electron chi connectivity index (χ2n) is 6.14. The molecule has 0 N–H and O–H groups in total. The van der Waals surface area contributed by atoms with E-state index in [9.17, 15) is 9.59 Å². The molecule has 0 unspecified atom stereocenters. The Morgan fingerprint density at radius 1 is 1.05 bits per heavy atom. The van der Waals surface area contributed by atoms with E-state index in [0.29, 0.717) is 5.82 Å². The molecule has 4 nitrogen and oxygen atoms in total. The molecule has 1 aliphatic heterocycles. The van der Waals surface area contributed by atoms with E-state index < -0.39 is 0 Å². The van der Waals surface area contributed by atoms with Crippen molar-refractivity contribution >= 4 is 17.6 Å². The molecule has 1 aromatic heterocycles. The molecule has 21 heavy (non-hydrogen) atoms. The molecule has 3 aliphatic rings. The van der Waals surface area contributed by atoms with Crippen LogP contribution < -0.4 is 4.90 Å². The van der Waals surface area contributed by atoms with Crippen molar-refractivity contribution in [2.75, 3.05) is 4.90 Å². The Kier molecular flexibility index (Phi) is 2.46. The van der Waals surface area contributed by atoms with E-state index in [1.165, 1.54) is 16.0 Å². The molecule has 2 amide bonds. The van der Waals surface area contributed by atoms with Gasteiger partial charge in [0.2, 0.25) is 11.8 Å². The fourth-order valence-electron chi connectivity index (χ4n) is 4.14. The number of anilines is 1. The minimum Gasteiger partial charge on any atom is -0.274 e. The highest BCUT2D eigenvalue weighted by Crippen LogP contribution is 2.56. The number of amides is 2. The zero-order valence-electron chi connectivity index (χ0n) is 12.0. The smallest absolute Gasteiger partial charge is 0.239 e. The third-order valence-corrected chi connectivity index (χ3v) is 4.87. The van der Waals surface area contributed by atoms with Crippen LogP contribution in [-0.4, -0.2) is 16.8 Å². The summed E-state index contributed by atoms with van der Waals surface area (Å²) in [6.45, 7) is 4.13. The fraction of sp³-hybridized carbons (Fsp3) is 0.353. The molecule has 2 bridgehead atoms. The Labute approximate surface area is 123 Å². The van der Waals surface area contributed by atoms with E-state index in [4.69, 9.17) is 0 Å². The van der Waals surface area contributed by atoms with Gasteiger partial charge < -0.3 is 0 Å². The third kappa shape index (κ3) is 1.47. The first-order valence-electron chi connectivity index (χ1n) is 7.25. The van der Waals surface area contributed by atoms with Crippen LogP contribution in [0.5, 0.6) is 0 Å². The highest BCUT2D eigenvalue weighted by molar-refractivity contribution is 6.22. The molecule has 2 fully saturated rings. The summed E-state index contributed by atoms with van der Waals surface area (Å²) in [7, 11) is 0. The van der Waals surface area contributed by atoms with Crippen LogP contribution in [0.15, 0.2) is 47.7 Å². The Morgan fingerprint density at radius 2 is 1.67 bits per heavy atom. The minimum absolute atomic E-state index is 0.0927. The number of allylic oxidation sites excluding steroid dienone is 4. The van der Waals surface area contributed by atoms with Gasteiger partial charge in [0.25, 0.3) is 0 Å². The summed E-state index contributed by atoms with van der Waals surface area (Å²) in [5, 5.41) is 0. The van der Waals surface area contributed by atoms with Gasteiger partial charge in [0.1, 0.15) is 5.82 Å². The number of carbonyl (C=O) groups excluding carboxylic acids is 2. The van der Waals surface area contributed by atoms with Crippen LogP contribution >= 0.6 is 0 Å². The topological polar surface area (TPSA) is 50.3 Å². The van der Waals surface area contributed by atoms with Gasteiger partial charge in [-0.25, -0.2) is 9.88 Å². The SMILES string of the molecule is CC(C)=C1[C@H]2C=C[C@H]1[C@@H]1C(=O)N(c3ccccn3)C(=O)[C@H]12. The van der Waals surface area contributed by atoms with Crippen LogP contribution in [0.3, 0.4) is 0 Å². The standard InChI is InChI=1S/C17H16N2O2/c1-9(2)13-10-6-7-11(13)15-14(10)16(20)19(17(15)21)12-5-3-4-8-18-12/h3-8,10-11,14-15H,1-2H3/t10-,11-,14+,15+/m1/s1. The number of hydrogen-bond acceptors (Lipinski definition) is 3. The first-order valence-corrected chi connectivity index (χ1v) is 7.25. The average Bonchev–Trinajstić information content (AvgIpc) is 3.10. The lowest BCUT2D eigenvalue weighted by molar-refractivity contribution is -0.123. The molecule has 4 rings (SSSR count). The van der Waals surface area contributed by atoms with Crippen molar-refractivity contribution in [3.63, 3.8) is 0 Å². The van der Waals surface area contributed by atoms with Crippen molar-refractivity contribution in [2.24, 2.45) is 23.7 Å². The van der Waals surface area contributed by atoms with E-state index >= 15 is 0 Å². The lowest BCUT2D eigenvalue weighted by atomic mass is 9.85. The van der Waals surface area contributed by atoms with Crippen molar-refractivity contribution in [1.29, 1.82) is 0 Å². The zero-order chi connectivity index (χ0) is 14.7. The predicted octanol–water partition coefficient (Wildman–Crippen LogP) is 2.34. The Bertz CT molecular complexity index is 667. The molecule has 1 saturated carbocycles. The summed E-state index contributed by atoms with van der Waals surface area (Å²) in [6, 6.07) is 5.29. The summed E-state index contributed by atoms with van der Waals surface area (Å²) >= 11 is 0. The molecule has 1 saturated heterocycles. The third-order valence-electron chi connectivity index (χ3n) is 4.87. The number of nitrogens with zero attached hydrogens (tertiary/aromatic N) is 2. The maximum Gasteiger partial charge on any atom is 0.239 e. The van der Waals surface area contributed by atoms with Gasteiger partial charge in [0, 0.05) is 18.0 Å². The number of hydrogen-bond donors (Lipinski definition) is 0. The van der Waals surface area contributed by atoms with E-state index in [1.54, 1.807) is 24.4 Å². The number of carbonyl (C=O) groups is 2. The van der Waals surface area contributed by atoms with Crippen LogP contribution in [0.25, 0.3) is 0 Å². The lowest BCUT2D eigenvalue weighted by Crippen LogP contribution is -2.33. The van der Waals surface area contributed by atoms with Crippen LogP contribution in [0.1, 0.15) is 13.8 Å². The largest absolute Gasteiger partial charge is 0.274 e. The molecule has 106 valence electrons. The van der Waals surface area contributed by atoms with Gasteiger partial charge in [-0.2, -0.15) is 0 Å². The van der Waals surface area contributed by atoms with Gasteiger partial charge in [0.05, 0.1) is 11.8 Å². The normalized spacial score (nSPS) is 33.0. The number of imide groups is 1. The Hall–Kier alpha value is -2.23. The fourth-order valence-corrected chi connectivity index (χ4v) is 4.14. The first-order chi connectivity index (χ1) is 10.1. The molecule has 0 spiro atoms. The monoisotopic (exact) mass is 280 g/mol. The highest BCUT2D eigenvalue weighted by Gasteiger charge is 2.62. The molecule has 4 atom stereocenters. The maximum atomic E-state index is 12.8. The summed E-state index contributed by atoms with van der Waals surface area (Å²) in [5.41, 5.74) is 2.50. The van der Waals surface area contributed by atoms with Gasteiger partial charge >= 0.3 is 0 Å². The summed E-state index contributed by atoms with van der Waals surface area (Å²) < 4.78 is 0. The molecule has 4 heteroatoms. The van der Waals surface area contributed by atoms with Crippen LogP contribution in [-0.2, 0) is 9.59 Å². The molecule has 1 aromatic rings. The van der Waals surface area contributed by atoms with E-state index in [0.717, 1.165) is 0 Å². The Balaban J connectivity index is 1.79. The first kappa shape index (κ1) is 12.5. The molecular formula is C17H16N2O2. The molecule has 2 aliphatic carbocycles. The number of rotatable bonds is 1. The number of aromatic nitrogens is 1. The van der Waals surface area contributed by atoms with Crippen LogP contribution in [0, 0.1) is 23.7 Å². The minimum atomic E-state index is -0.237. The van der Waals surface area contributed by atoms with Crippen molar-refractivity contribution in [3.05, 3.63) is 47.7 Å². The second kappa shape index (κ2) is 4.13. The lowest BCUT2D eigenvalue weighted by Gasteiger charge is -2.18. The van der Waals surface area contributed by atoms with Gasteiger partial charge in [-0.1, -0.05) is 29.4 Å². The van der Waals surface area contributed by atoms with Gasteiger partial charge in [0.15, 0.2) is 0 Å². The van der Waals surface area contributed by atoms with Crippen LogP contribution in [0.4, 0.5) is 5.82 Å². The van der Waals surface area contributed by atoms with Gasteiger partial charge in [-0.3, -0.25) is 9.59 Å². The van der Waals surface area contributed by atoms with E-state index in [-0.39, 0.29) is 35.5 Å². The molecular weight excluding hydrogens is 264 g/mol. The summed E-state index contributed by atoms with van der Waals surface area (Å²) in [5.74, 6) is -0.0391. The quantitative estimate of drug-likeness (QED) is 0.586. The second-order valence-corrected chi connectivity index (χ2v) is 6.14. The van der Waals surface area contributed by atoms with Gasteiger partial charge in [-0.15, -0.1) is 0 Å². The number of pyridine rings is 1.